The van der Waals surface area contributed by atoms with Gasteiger partial charge in [-0.2, -0.15) is 0 Å². The molecular weight excluding hydrogens is 206 g/mol. The van der Waals surface area contributed by atoms with Gasteiger partial charge in [-0.3, -0.25) is 0 Å². The molecule has 2 rings (SSSR count). The fourth-order valence-corrected chi connectivity index (χ4v) is 1.69. The molecule has 1 atom stereocenters. The van der Waals surface area contributed by atoms with E-state index in [1.165, 1.54) is 6.20 Å². The molecule has 1 aromatic rings. The van der Waals surface area contributed by atoms with Crippen LogP contribution in [0.4, 0.5) is 0 Å². The Balaban J connectivity index is 2.25. The third-order valence-electron chi connectivity index (χ3n) is 2.69. The predicted molar refractivity (Wildman–Crippen MR) is 57.9 cm³/mol. The summed E-state index contributed by atoms with van der Waals surface area (Å²) in [5, 5.41) is 10.0. The molecule has 1 unspecified atom stereocenters. The van der Waals surface area contributed by atoms with Gasteiger partial charge in [0.1, 0.15) is 0 Å². The van der Waals surface area contributed by atoms with E-state index in [0.717, 1.165) is 12.8 Å². The summed E-state index contributed by atoms with van der Waals surface area (Å²) >= 11 is 0. The lowest BCUT2D eigenvalue weighted by Gasteiger charge is -2.12. The number of pyridine rings is 1. The lowest BCUT2D eigenvalue weighted by atomic mass is 10.0. The Morgan fingerprint density at radius 2 is 2.44 bits per heavy atom. The number of carbonyl (C=O) groups is 1. The summed E-state index contributed by atoms with van der Waals surface area (Å²) in [4.78, 5) is 15.6. The first-order chi connectivity index (χ1) is 7.74. The van der Waals surface area contributed by atoms with Crippen LogP contribution in [-0.2, 0) is 4.74 Å². The van der Waals surface area contributed by atoms with Crippen LogP contribution in [0, 0.1) is 5.92 Å². The fourth-order valence-electron chi connectivity index (χ4n) is 1.69. The van der Waals surface area contributed by atoms with Crippen molar-refractivity contribution in [3.63, 3.8) is 0 Å². The number of aliphatic hydroxyl groups excluding tert-OH is 1. The maximum atomic E-state index is 11.6. The van der Waals surface area contributed by atoms with Crippen LogP contribution in [-0.4, -0.2) is 22.7 Å². The smallest absolute Gasteiger partial charge is 0.357 e. The third kappa shape index (κ3) is 2.22. The zero-order valence-corrected chi connectivity index (χ0v) is 9.22. The Bertz CT molecular complexity index is 388. The lowest BCUT2D eigenvalue weighted by molar-refractivity contribution is 0.0509. The molecular formula is C12H15NO3. The number of hydrogen-bond acceptors (Lipinski definition) is 4. The van der Waals surface area contributed by atoms with E-state index in [0.29, 0.717) is 12.2 Å². The second-order valence-corrected chi connectivity index (χ2v) is 3.94. The van der Waals surface area contributed by atoms with Crippen molar-refractivity contribution < 1.29 is 14.6 Å². The second-order valence-electron chi connectivity index (χ2n) is 3.94. The number of aromatic nitrogens is 1. The van der Waals surface area contributed by atoms with Crippen molar-refractivity contribution in [1.82, 2.24) is 4.98 Å². The number of esters is 1. The second kappa shape index (κ2) is 4.61. The lowest BCUT2D eigenvalue weighted by Crippen LogP contribution is -2.13. The van der Waals surface area contributed by atoms with Crippen molar-refractivity contribution in [2.45, 2.75) is 25.9 Å². The Kier molecular flexibility index (Phi) is 3.19. The third-order valence-corrected chi connectivity index (χ3v) is 2.69. The van der Waals surface area contributed by atoms with Gasteiger partial charge in [0.25, 0.3) is 0 Å². The summed E-state index contributed by atoms with van der Waals surface area (Å²) in [6, 6.07) is 3.46. The van der Waals surface area contributed by atoms with Gasteiger partial charge in [0.2, 0.25) is 0 Å². The van der Waals surface area contributed by atoms with Crippen LogP contribution < -0.4 is 0 Å². The van der Waals surface area contributed by atoms with E-state index in [4.69, 9.17) is 4.74 Å². The molecule has 1 N–H and O–H groups in total. The zero-order chi connectivity index (χ0) is 11.5. The standard InChI is InChI=1S/C12H15NO3/c1-2-16-12(15)10-9(4-3-7-13-10)11(14)8-5-6-8/h3-4,7-8,11,14H,2,5-6H2,1H3. The van der Waals surface area contributed by atoms with Gasteiger partial charge in [-0.15, -0.1) is 0 Å². The van der Waals surface area contributed by atoms with E-state index in [-0.39, 0.29) is 11.6 Å². The summed E-state index contributed by atoms with van der Waals surface area (Å²) < 4.78 is 4.91. The molecule has 1 saturated carbocycles. The quantitative estimate of drug-likeness (QED) is 0.786. The van der Waals surface area contributed by atoms with Gasteiger partial charge in [-0.05, 0) is 31.7 Å². The highest BCUT2D eigenvalue weighted by atomic mass is 16.5. The molecule has 4 nitrogen and oxygen atoms in total. The molecule has 0 bridgehead atoms. The van der Waals surface area contributed by atoms with Crippen molar-refractivity contribution in [2.24, 2.45) is 5.92 Å². The summed E-state index contributed by atoms with van der Waals surface area (Å²) in [5.41, 5.74) is 0.826. The SMILES string of the molecule is CCOC(=O)c1ncccc1C(O)C1CC1. The van der Waals surface area contributed by atoms with Crippen LogP contribution in [0.1, 0.15) is 41.9 Å². The van der Waals surface area contributed by atoms with Crippen LogP contribution in [0.5, 0.6) is 0 Å². The van der Waals surface area contributed by atoms with Gasteiger partial charge in [-0.1, -0.05) is 6.07 Å². The van der Waals surface area contributed by atoms with E-state index in [1.54, 1.807) is 19.1 Å². The highest BCUT2D eigenvalue weighted by Crippen LogP contribution is 2.41. The largest absolute Gasteiger partial charge is 0.461 e. The van der Waals surface area contributed by atoms with E-state index < -0.39 is 12.1 Å². The van der Waals surface area contributed by atoms with Crippen LogP contribution >= 0.6 is 0 Å². The molecule has 0 amide bonds. The molecule has 1 aliphatic carbocycles. The normalized spacial score (nSPS) is 16.9. The average Bonchev–Trinajstić information content (AvgIpc) is 3.12. The number of aliphatic hydroxyl groups is 1. The molecule has 0 aromatic carbocycles. The van der Waals surface area contributed by atoms with E-state index in [1.807, 2.05) is 0 Å². The number of hydrogen-bond donors (Lipinski definition) is 1. The van der Waals surface area contributed by atoms with Crippen molar-refractivity contribution >= 4 is 5.97 Å². The first-order valence-electron chi connectivity index (χ1n) is 5.54. The minimum Gasteiger partial charge on any atom is -0.461 e. The van der Waals surface area contributed by atoms with Gasteiger partial charge >= 0.3 is 5.97 Å². The summed E-state index contributed by atoms with van der Waals surface area (Å²) in [5.74, 6) is -0.185. The molecule has 0 aliphatic heterocycles. The van der Waals surface area contributed by atoms with Crippen LogP contribution in [0.3, 0.4) is 0 Å². The fraction of sp³-hybridized carbons (Fsp3) is 0.500. The average molecular weight is 221 g/mol. The highest BCUT2D eigenvalue weighted by Gasteiger charge is 2.33. The molecule has 0 radical (unpaired) electrons. The maximum absolute atomic E-state index is 11.6. The van der Waals surface area contributed by atoms with Crippen molar-refractivity contribution in [3.8, 4) is 0 Å². The van der Waals surface area contributed by atoms with Crippen LogP contribution in [0.2, 0.25) is 0 Å². The van der Waals surface area contributed by atoms with E-state index in [2.05, 4.69) is 4.98 Å². The van der Waals surface area contributed by atoms with Crippen molar-refractivity contribution in [1.29, 1.82) is 0 Å². The monoisotopic (exact) mass is 221 g/mol. The molecule has 1 aliphatic rings. The number of ether oxygens (including phenoxy) is 1. The molecule has 0 saturated heterocycles. The molecule has 1 fully saturated rings. The molecule has 1 aromatic heterocycles. The summed E-state index contributed by atoms with van der Waals surface area (Å²) in [7, 11) is 0. The van der Waals surface area contributed by atoms with Gasteiger partial charge < -0.3 is 9.84 Å². The molecule has 0 spiro atoms. The number of rotatable bonds is 4. The van der Waals surface area contributed by atoms with Gasteiger partial charge in [0, 0.05) is 11.8 Å². The minimum absolute atomic E-state index is 0.240. The zero-order valence-electron chi connectivity index (χ0n) is 9.22. The molecule has 1 heterocycles. The first-order valence-corrected chi connectivity index (χ1v) is 5.54. The van der Waals surface area contributed by atoms with Crippen LogP contribution in [0.25, 0.3) is 0 Å². The summed E-state index contributed by atoms with van der Waals surface area (Å²) in [6.45, 7) is 2.06. The maximum Gasteiger partial charge on any atom is 0.357 e. The Labute approximate surface area is 94.3 Å². The minimum atomic E-state index is -0.590. The number of carbonyl (C=O) groups excluding carboxylic acids is 1. The predicted octanol–water partition coefficient (Wildman–Crippen LogP) is 1.70. The van der Waals surface area contributed by atoms with Crippen molar-refractivity contribution in [3.05, 3.63) is 29.6 Å². The molecule has 86 valence electrons. The Hall–Kier alpha value is -1.42. The Morgan fingerprint density at radius 1 is 1.69 bits per heavy atom. The Morgan fingerprint density at radius 3 is 3.06 bits per heavy atom. The first kappa shape index (κ1) is 11.1. The van der Waals surface area contributed by atoms with E-state index in [9.17, 15) is 9.90 Å². The van der Waals surface area contributed by atoms with Crippen LogP contribution in [0.15, 0.2) is 18.3 Å². The molecule has 4 heteroatoms. The molecule has 16 heavy (non-hydrogen) atoms. The summed E-state index contributed by atoms with van der Waals surface area (Å²) in [6.07, 6.45) is 2.97. The van der Waals surface area contributed by atoms with Gasteiger partial charge in [0.15, 0.2) is 5.69 Å². The van der Waals surface area contributed by atoms with Crippen molar-refractivity contribution in [2.75, 3.05) is 6.61 Å². The number of nitrogens with zero attached hydrogens (tertiary/aromatic N) is 1. The highest BCUT2D eigenvalue weighted by molar-refractivity contribution is 5.89. The van der Waals surface area contributed by atoms with Gasteiger partial charge in [-0.25, -0.2) is 9.78 Å². The van der Waals surface area contributed by atoms with Gasteiger partial charge in [0.05, 0.1) is 12.7 Å². The van der Waals surface area contributed by atoms with E-state index >= 15 is 0 Å². The topological polar surface area (TPSA) is 59.4 Å².